The van der Waals surface area contributed by atoms with Crippen LogP contribution in [-0.4, -0.2) is 24.9 Å². The Hall–Kier alpha value is -1.01. The minimum absolute atomic E-state index is 0.0541. The Balaban J connectivity index is 2.06. The molecule has 0 atom stereocenters. The van der Waals surface area contributed by atoms with Gasteiger partial charge in [0.25, 0.3) is 15.0 Å². The molecule has 1 amide bonds. The molecule has 0 spiro atoms. The molecular weight excluding hydrogens is 312 g/mol. The third kappa shape index (κ3) is 4.01. The second kappa shape index (κ2) is 5.65. The highest BCUT2D eigenvalue weighted by Gasteiger charge is 2.28. The zero-order valence-corrected chi connectivity index (χ0v) is 14.1. The number of nitrogens with one attached hydrogen (secondary N) is 1. The van der Waals surface area contributed by atoms with Crippen LogP contribution in [0, 0.1) is 5.41 Å². The molecule has 0 bridgehead atoms. The zero-order valence-electron chi connectivity index (χ0n) is 12.5. The summed E-state index contributed by atoms with van der Waals surface area (Å²) in [4.78, 5) is 12.2. The maximum absolute atomic E-state index is 12.3. The largest absolute Gasteiger partial charge is 0.348 e. The van der Waals surface area contributed by atoms with E-state index >= 15 is 0 Å². The Labute approximate surface area is 130 Å². The number of aryl methyl sites for hydroxylation is 1. The highest BCUT2D eigenvalue weighted by molar-refractivity contribution is 8.13. The molecule has 1 aliphatic rings. The first-order valence-corrected chi connectivity index (χ1v) is 9.31. The number of aromatic nitrogens is 1. The van der Waals surface area contributed by atoms with Gasteiger partial charge in [0.15, 0.2) is 0 Å². The molecule has 1 aromatic heterocycles. The molecule has 1 heterocycles. The van der Waals surface area contributed by atoms with Crippen LogP contribution in [0.5, 0.6) is 0 Å². The topological polar surface area (TPSA) is 68.2 Å². The molecular formula is C14H21ClN2O3S. The van der Waals surface area contributed by atoms with Crippen LogP contribution in [0.2, 0.25) is 0 Å². The summed E-state index contributed by atoms with van der Waals surface area (Å²) in [7, 11) is 3.11. The van der Waals surface area contributed by atoms with E-state index in [1.165, 1.54) is 16.8 Å². The summed E-state index contributed by atoms with van der Waals surface area (Å²) >= 11 is 0. The van der Waals surface area contributed by atoms with Gasteiger partial charge in [0.05, 0.1) is 0 Å². The fourth-order valence-corrected chi connectivity index (χ4v) is 3.49. The Morgan fingerprint density at radius 2 is 1.95 bits per heavy atom. The second-order valence-electron chi connectivity index (χ2n) is 6.52. The van der Waals surface area contributed by atoms with Crippen LogP contribution in [0.25, 0.3) is 0 Å². The van der Waals surface area contributed by atoms with Crippen molar-refractivity contribution in [3.05, 3.63) is 18.0 Å². The molecule has 21 heavy (non-hydrogen) atoms. The molecule has 1 saturated carbocycles. The van der Waals surface area contributed by atoms with Gasteiger partial charge < -0.3 is 9.88 Å². The van der Waals surface area contributed by atoms with Crippen molar-refractivity contribution in [2.45, 2.75) is 50.5 Å². The van der Waals surface area contributed by atoms with Crippen molar-refractivity contribution in [2.24, 2.45) is 12.5 Å². The van der Waals surface area contributed by atoms with Crippen molar-refractivity contribution in [1.29, 1.82) is 0 Å². The Morgan fingerprint density at radius 1 is 1.38 bits per heavy atom. The lowest BCUT2D eigenvalue weighted by atomic mass is 9.75. The van der Waals surface area contributed by atoms with E-state index in [0.717, 1.165) is 25.7 Å². The monoisotopic (exact) mass is 332 g/mol. The molecule has 1 N–H and O–H groups in total. The van der Waals surface area contributed by atoms with E-state index in [-0.39, 0.29) is 16.8 Å². The third-order valence-electron chi connectivity index (χ3n) is 4.17. The van der Waals surface area contributed by atoms with Crippen molar-refractivity contribution in [3.8, 4) is 0 Å². The molecule has 0 saturated heterocycles. The van der Waals surface area contributed by atoms with E-state index in [2.05, 4.69) is 19.2 Å². The Bertz CT molecular complexity index is 639. The molecule has 0 radical (unpaired) electrons. The predicted octanol–water partition coefficient (Wildman–Crippen LogP) is 2.65. The number of carbonyl (C=O) groups is 1. The zero-order chi connectivity index (χ0) is 15.8. The van der Waals surface area contributed by atoms with Gasteiger partial charge in [-0.2, -0.15) is 0 Å². The van der Waals surface area contributed by atoms with Crippen molar-refractivity contribution in [1.82, 2.24) is 9.88 Å². The van der Waals surface area contributed by atoms with Crippen LogP contribution >= 0.6 is 10.7 Å². The van der Waals surface area contributed by atoms with Crippen LogP contribution in [0.1, 0.15) is 50.0 Å². The summed E-state index contributed by atoms with van der Waals surface area (Å²) in [5.74, 6) is -0.256. The first-order chi connectivity index (χ1) is 9.58. The van der Waals surface area contributed by atoms with Gasteiger partial charge in [-0.25, -0.2) is 8.42 Å². The molecule has 2 rings (SSSR count). The summed E-state index contributed by atoms with van der Waals surface area (Å²) in [6, 6.07) is 1.46. The Morgan fingerprint density at radius 3 is 2.43 bits per heavy atom. The molecule has 5 nitrogen and oxygen atoms in total. The summed E-state index contributed by atoms with van der Waals surface area (Å²) in [5.41, 5.74) is 0.644. The number of carbonyl (C=O) groups excluding carboxylic acids is 1. The summed E-state index contributed by atoms with van der Waals surface area (Å²) < 4.78 is 24.1. The van der Waals surface area contributed by atoms with Crippen LogP contribution in [-0.2, 0) is 16.1 Å². The van der Waals surface area contributed by atoms with E-state index in [0.29, 0.717) is 11.1 Å². The normalized spacial score (nSPS) is 19.4. The van der Waals surface area contributed by atoms with Gasteiger partial charge in [-0.3, -0.25) is 4.79 Å². The number of hydrogen-bond donors (Lipinski definition) is 1. The minimum Gasteiger partial charge on any atom is -0.348 e. The van der Waals surface area contributed by atoms with Crippen LogP contribution in [0.3, 0.4) is 0 Å². The third-order valence-corrected chi connectivity index (χ3v) is 5.49. The SMILES string of the molecule is Cn1cc(S(=O)(=O)Cl)cc1C(=O)NC1CCC(C)(C)CC1. The van der Waals surface area contributed by atoms with Gasteiger partial charge in [-0.05, 0) is 37.2 Å². The van der Waals surface area contributed by atoms with E-state index in [9.17, 15) is 13.2 Å². The lowest BCUT2D eigenvalue weighted by Gasteiger charge is -2.34. The first-order valence-electron chi connectivity index (χ1n) is 7.00. The fraction of sp³-hybridized carbons (Fsp3) is 0.643. The van der Waals surface area contributed by atoms with Crippen molar-refractivity contribution < 1.29 is 13.2 Å². The van der Waals surface area contributed by atoms with E-state index in [1.54, 1.807) is 7.05 Å². The molecule has 0 aromatic carbocycles. The van der Waals surface area contributed by atoms with Gasteiger partial charge in [0, 0.05) is 30.0 Å². The van der Waals surface area contributed by atoms with E-state index < -0.39 is 9.05 Å². The van der Waals surface area contributed by atoms with E-state index in [1.807, 2.05) is 0 Å². The van der Waals surface area contributed by atoms with Crippen LogP contribution in [0.15, 0.2) is 17.2 Å². The van der Waals surface area contributed by atoms with Gasteiger partial charge in [-0.1, -0.05) is 13.8 Å². The lowest BCUT2D eigenvalue weighted by molar-refractivity contribution is 0.0901. The summed E-state index contributed by atoms with van der Waals surface area (Å²) in [6.45, 7) is 4.47. The molecule has 118 valence electrons. The maximum Gasteiger partial charge on any atom is 0.268 e. The number of halogens is 1. The average molecular weight is 333 g/mol. The number of rotatable bonds is 3. The molecule has 1 aliphatic carbocycles. The highest BCUT2D eigenvalue weighted by atomic mass is 35.7. The number of hydrogen-bond acceptors (Lipinski definition) is 3. The quantitative estimate of drug-likeness (QED) is 0.865. The smallest absolute Gasteiger partial charge is 0.268 e. The number of nitrogens with zero attached hydrogens (tertiary/aromatic N) is 1. The maximum atomic E-state index is 12.3. The van der Waals surface area contributed by atoms with E-state index in [4.69, 9.17) is 10.7 Å². The molecule has 1 aromatic rings. The first kappa shape index (κ1) is 16.4. The van der Waals surface area contributed by atoms with Gasteiger partial charge in [-0.15, -0.1) is 0 Å². The molecule has 0 aliphatic heterocycles. The Kier molecular flexibility index (Phi) is 4.40. The van der Waals surface area contributed by atoms with Crippen molar-refractivity contribution in [3.63, 3.8) is 0 Å². The molecule has 7 heteroatoms. The number of amides is 1. The average Bonchev–Trinajstić information content (AvgIpc) is 2.74. The van der Waals surface area contributed by atoms with Crippen molar-refractivity contribution >= 4 is 25.6 Å². The van der Waals surface area contributed by atoms with Gasteiger partial charge >= 0.3 is 0 Å². The predicted molar refractivity (Wildman–Crippen MR) is 82.0 cm³/mol. The molecule has 0 unspecified atom stereocenters. The van der Waals surface area contributed by atoms with Gasteiger partial charge in [0.2, 0.25) is 0 Å². The van der Waals surface area contributed by atoms with Gasteiger partial charge in [0.1, 0.15) is 10.6 Å². The fourth-order valence-electron chi connectivity index (χ4n) is 2.70. The van der Waals surface area contributed by atoms with Crippen molar-refractivity contribution in [2.75, 3.05) is 0 Å². The lowest BCUT2D eigenvalue weighted by Crippen LogP contribution is -2.39. The minimum atomic E-state index is -3.82. The standard InChI is InChI=1S/C14H21ClN2O3S/c1-14(2)6-4-10(5-7-14)16-13(18)12-8-11(9-17(12)3)21(15,19)20/h8-10H,4-7H2,1-3H3,(H,16,18). The highest BCUT2D eigenvalue weighted by Crippen LogP contribution is 2.35. The summed E-state index contributed by atoms with van der Waals surface area (Å²) in [5, 5.41) is 2.98. The molecule has 1 fully saturated rings. The summed E-state index contributed by atoms with van der Waals surface area (Å²) in [6.07, 6.45) is 5.40. The second-order valence-corrected chi connectivity index (χ2v) is 9.09. The van der Waals surface area contributed by atoms with Crippen LogP contribution in [0.4, 0.5) is 0 Å². The van der Waals surface area contributed by atoms with Crippen LogP contribution < -0.4 is 5.32 Å².